The van der Waals surface area contributed by atoms with Crippen molar-refractivity contribution >= 4 is 17.3 Å². The molecule has 1 fully saturated rings. The fourth-order valence-corrected chi connectivity index (χ4v) is 3.66. The summed E-state index contributed by atoms with van der Waals surface area (Å²) < 4.78 is 5.37. The topological polar surface area (TPSA) is 121 Å². The van der Waals surface area contributed by atoms with E-state index in [4.69, 9.17) is 10.00 Å². The van der Waals surface area contributed by atoms with Crippen molar-refractivity contribution in [1.29, 1.82) is 5.26 Å². The minimum absolute atomic E-state index is 0.0457. The Labute approximate surface area is 180 Å². The number of pyridine rings is 1. The average molecular weight is 423 g/mol. The first-order valence-corrected chi connectivity index (χ1v) is 10.2. The van der Waals surface area contributed by atoms with Crippen LogP contribution in [-0.4, -0.2) is 46.5 Å². The number of hydrogen-bond donors (Lipinski definition) is 1. The van der Waals surface area contributed by atoms with Crippen LogP contribution in [0, 0.1) is 21.4 Å². The second-order valence-electron chi connectivity index (χ2n) is 7.36. The number of nitro benzene ring substituents is 1. The van der Waals surface area contributed by atoms with E-state index in [1.165, 1.54) is 6.07 Å². The van der Waals surface area contributed by atoms with Gasteiger partial charge in [-0.3, -0.25) is 19.9 Å². The summed E-state index contributed by atoms with van der Waals surface area (Å²) in [5.41, 5.74) is 1.11. The predicted molar refractivity (Wildman–Crippen MR) is 114 cm³/mol. The van der Waals surface area contributed by atoms with E-state index in [0.717, 1.165) is 5.69 Å². The number of anilines is 1. The zero-order valence-electron chi connectivity index (χ0n) is 17.4. The van der Waals surface area contributed by atoms with E-state index in [0.29, 0.717) is 31.7 Å². The molecule has 0 radical (unpaired) electrons. The molecule has 2 heterocycles. The molecule has 2 aromatic rings. The van der Waals surface area contributed by atoms with E-state index in [-0.39, 0.29) is 42.2 Å². The number of aromatic nitrogens is 1. The summed E-state index contributed by atoms with van der Waals surface area (Å²) >= 11 is 0. The zero-order valence-corrected chi connectivity index (χ0v) is 17.4. The molecule has 1 saturated heterocycles. The van der Waals surface area contributed by atoms with E-state index in [2.05, 4.69) is 16.4 Å². The number of nitrogens with zero attached hydrogens (tertiary/aromatic N) is 4. The first-order chi connectivity index (χ1) is 15.0. The van der Waals surface area contributed by atoms with Gasteiger partial charge in [0.1, 0.15) is 5.69 Å². The van der Waals surface area contributed by atoms with E-state index in [9.17, 15) is 14.9 Å². The number of carbonyl (C=O) groups excluding carboxylic acids is 1. The van der Waals surface area contributed by atoms with Crippen LogP contribution in [0.1, 0.15) is 48.3 Å². The van der Waals surface area contributed by atoms with Gasteiger partial charge in [0.25, 0.3) is 11.6 Å². The normalized spacial score (nSPS) is 15.0. The number of hydrogen-bond acceptors (Lipinski definition) is 7. The molecule has 1 aliphatic rings. The van der Waals surface area contributed by atoms with Crippen molar-refractivity contribution in [2.24, 2.45) is 0 Å². The fraction of sp³-hybridized carbons (Fsp3) is 0.409. The third-order valence-corrected chi connectivity index (χ3v) is 5.30. The van der Waals surface area contributed by atoms with E-state index < -0.39 is 4.92 Å². The predicted octanol–water partition coefficient (Wildman–Crippen LogP) is 3.70. The van der Waals surface area contributed by atoms with Crippen molar-refractivity contribution in [3.05, 3.63) is 64.0 Å². The SMILES string of the molecule is CC(Nc1ccc(C(=O)N(CCC#N)C2CCOCC2)cc1[N+](=O)[O-])c1ccccn1. The lowest BCUT2D eigenvalue weighted by Gasteiger charge is -2.34. The van der Waals surface area contributed by atoms with Crippen molar-refractivity contribution in [3.8, 4) is 6.07 Å². The molecule has 1 unspecified atom stereocenters. The molecule has 0 aliphatic carbocycles. The largest absolute Gasteiger partial charge is 0.381 e. The van der Waals surface area contributed by atoms with E-state index in [1.807, 2.05) is 19.1 Å². The number of carbonyl (C=O) groups is 1. The molecule has 1 atom stereocenters. The number of ether oxygens (including phenoxy) is 1. The monoisotopic (exact) mass is 423 g/mol. The van der Waals surface area contributed by atoms with Crippen LogP contribution in [0.25, 0.3) is 0 Å². The highest BCUT2D eigenvalue weighted by Crippen LogP contribution is 2.30. The van der Waals surface area contributed by atoms with Crippen LogP contribution in [0.5, 0.6) is 0 Å². The van der Waals surface area contributed by atoms with Gasteiger partial charge < -0.3 is 15.0 Å². The number of rotatable bonds is 8. The summed E-state index contributed by atoms with van der Waals surface area (Å²) in [7, 11) is 0. The highest BCUT2D eigenvalue weighted by molar-refractivity contribution is 5.96. The van der Waals surface area contributed by atoms with Gasteiger partial charge in [-0.1, -0.05) is 6.07 Å². The molecule has 1 aromatic carbocycles. The Hall–Kier alpha value is -3.51. The fourth-order valence-electron chi connectivity index (χ4n) is 3.66. The van der Waals surface area contributed by atoms with Gasteiger partial charge in [0, 0.05) is 43.6 Å². The third kappa shape index (κ3) is 5.55. The molecular formula is C22H25N5O4. The number of nitro groups is 1. The second-order valence-corrected chi connectivity index (χ2v) is 7.36. The van der Waals surface area contributed by atoms with Crippen LogP contribution in [0.15, 0.2) is 42.6 Å². The first kappa shape index (κ1) is 22.2. The molecule has 9 nitrogen and oxygen atoms in total. The maximum Gasteiger partial charge on any atom is 0.293 e. The van der Waals surface area contributed by atoms with Gasteiger partial charge in [-0.25, -0.2) is 0 Å². The maximum atomic E-state index is 13.2. The molecule has 9 heteroatoms. The quantitative estimate of drug-likeness (QED) is 0.507. The Kier molecular flexibility index (Phi) is 7.51. The molecule has 0 bridgehead atoms. The van der Waals surface area contributed by atoms with Crippen molar-refractivity contribution < 1.29 is 14.5 Å². The molecule has 1 aromatic heterocycles. The summed E-state index contributed by atoms with van der Waals surface area (Å²) in [5, 5.41) is 23.8. The van der Waals surface area contributed by atoms with Crippen LogP contribution in [0.4, 0.5) is 11.4 Å². The number of nitrogens with one attached hydrogen (secondary N) is 1. The van der Waals surface area contributed by atoms with E-state index >= 15 is 0 Å². The minimum Gasteiger partial charge on any atom is -0.381 e. The Morgan fingerprint density at radius 1 is 1.39 bits per heavy atom. The van der Waals surface area contributed by atoms with Gasteiger partial charge in [0.05, 0.1) is 29.1 Å². The van der Waals surface area contributed by atoms with Crippen molar-refractivity contribution in [1.82, 2.24) is 9.88 Å². The van der Waals surface area contributed by atoms with Gasteiger partial charge in [0.15, 0.2) is 0 Å². The molecule has 3 rings (SSSR count). The van der Waals surface area contributed by atoms with Crippen LogP contribution < -0.4 is 5.32 Å². The van der Waals surface area contributed by atoms with Crippen LogP contribution >= 0.6 is 0 Å². The van der Waals surface area contributed by atoms with Gasteiger partial charge in [-0.05, 0) is 44.0 Å². The Morgan fingerprint density at radius 3 is 2.81 bits per heavy atom. The molecule has 162 valence electrons. The standard InChI is InChI=1S/C22H25N5O4/c1-16(19-5-2-3-11-24-19)25-20-7-6-17(15-21(20)27(29)30)22(28)26(12-4-10-23)18-8-13-31-14-9-18/h2-3,5-7,11,15-16,18,25H,4,8-9,12-14H2,1H3. The van der Waals surface area contributed by atoms with Gasteiger partial charge >= 0.3 is 0 Å². The van der Waals surface area contributed by atoms with Gasteiger partial charge in [-0.2, -0.15) is 5.26 Å². The Morgan fingerprint density at radius 2 is 2.16 bits per heavy atom. The number of amides is 1. The molecule has 31 heavy (non-hydrogen) atoms. The second kappa shape index (κ2) is 10.5. The Balaban J connectivity index is 1.85. The summed E-state index contributed by atoms with van der Waals surface area (Å²) in [4.78, 5) is 30.3. The van der Waals surface area contributed by atoms with Crippen LogP contribution in [0.3, 0.4) is 0 Å². The lowest BCUT2D eigenvalue weighted by Crippen LogP contribution is -2.44. The van der Waals surface area contributed by atoms with Gasteiger partial charge in [-0.15, -0.1) is 0 Å². The lowest BCUT2D eigenvalue weighted by molar-refractivity contribution is -0.384. The smallest absolute Gasteiger partial charge is 0.293 e. The minimum atomic E-state index is -0.502. The maximum absolute atomic E-state index is 13.2. The molecule has 1 aliphatic heterocycles. The molecule has 1 amide bonds. The van der Waals surface area contributed by atoms with E-state index in [1.54, 1.807) is 29.3 Å². The molecule has 0 saturated carbocycles. The average Bonchev–Trinajstić information content (AvgIpc) is 2.80. The molecular weight excluding hydrogens is 398 g/mol. The highest BCUT2D eigenvalue weighted by Gasteiger charge is 2.28. The van der Waals surface area contributed by atoms with Crippen LogP contribution in [0.2, 0.25) is 0 Å². The number of nitriles is 1. The summed E-state index contributed by atoms with van der Waals surface area (Å²) in [6.45, 7) is 3.25. The zero-order chi connectivity index (χ0) is 22.2. The molecule has 1 N–H and O–H groups in total. The Bertz CT molecular complexity index is 954. The molecule has 0 spiro atoms. The number of benzene rings is 1. The van der Waals surface area contributed by atoms with Gasteiger partial charge in [0.2, 0.25) is 0 Å². The van der Waals surface area contributed by atoms with Crippen molar-refractivity contribution in [3.63, 3.8) is 0 Å². The van der Waals surface area contributed by atoms with Crippen molar-refractivity contribution in [2.75, 3.05) is 25.1 Å². The van der Waals surface area contributed by atoms with Crippen LogP contribution in [-0.2, 0) is 4.74 Å². The highest BCUT2D eigenvalue weighted by atomic mass is 16.6. The summed E-state index contributed by atoms with van der Waals surface area (Å²) in [6, 6.07) is 11.7. The summed E-state index contributed by atoms with van der Waals surface area (Å²) in [6.07, 6.45) is 3.23. The lowest BCUT2D eigenvalue weighted by atomic mass is 10.0. The first-order valence-electron chi connectivity index (χ1n) is 10.2. The summed E-state index contributed by atoms with van der Waals surface area (Å²) in [5.74, 6) is -0.311. The third-order valence-electron chi connectivity index (χ3n) is 5.30. The van der Waals surface area contributed by atoms with Crippen molar-refractivity contribution in [2.45, 2.75) is 38.3 Å².